The van der Waals surface area contributed by atoms with E-state index in [1.54, 1.807) is 6.07 Å². The molecular formula is C40H41F3N3O2+. The molecule has 0 saturated carbocycles. The number of oxazole rings is 1. The van der Waals surface area contributed by atoms with Gasteiger partial charge < -0.3 is 8.83 Å². The molecule has 0 aliphatic carbocycles. The maximum atomic E-state index is 13.6. The predicted octanol–water partition coefficient (Wildman–Crippen LogP) is 11.3. The standard InChI is InChI=1S/C40H41F3N3O2/c1-21(2)27-18-24(20-39(6,7)8)19-28(22(3)4)34(27)46-30-13-11-10-12-29(30)45(9)37(46)32-23(5)14-15-25-26-16-17-31-33(36(26)48-35(25)32)44-38(47-31)40(41,42)43/h10-19,21-22H,20H2,1-9H3/q+1/i20D2. The highest BCUT2D eigenvalue weighted by atomic mass is 19.4. The lowest BCUT2D eigenvalue weighted by Crippen LogP contribution is -2.30. The van der Waals surface area contributed by atoms with Crippen molar-refractivity contribution in [3.8, 4) is 17.1 Å². The second kappa shape index (κ2) is 11.0. The molecule has 0 fully saturated rings. The van der Waals surface area contributed by atoms with Gasteiger partial charge in [0, 0.05) is 24.6 Å². The smallest absolute Gasteiger partial charge is 0.453 e. The molecule has 0 spiro atoms. The van der Waals surface area contributed by atoms with Crippen molar-refractivity contribution >= 4 is 44.1 Å². The van der Waals surface area contributed by atoms with Gasteiger partial charge in [-0.3, -0.25) is 0 Å². The van der Waals surface area contributed by atoms with Gasteiger partial charge >= 0.3 is 12.1 Å². The number of hydrogen-bond donors (Lipinski definition) is 0. The van der Waals surface area contributed by atoms with Crippen LogP contribution in [0, 0.1) is 12.3 Å². The van der Waals surface area contributed by atoms with E-state index in [1.807, 2.05) is 71.1 Å². The molecule has 7 rings (SSSR count). The summed E-state index contributed by atoms with van der Waals surface area (Å²) in [5.41, 5.74) is 7.45. The predicted molar refractivity (Wildman–Crippen MR) is 186 cm³/mol. The largest absolute Gasteiger partial charge is 0.468 e. The third-order valence-corrected chi connectivity index (χ3v) is 9.01. The Labute approximate surface area is 280 Å². The number of imidazole rings is 1. The van der Waals surface area contributed by atoms with Crippen molar-refractivity contribution < 1.29 is 29.3 Å². The topological polar surface area (TPSA) is 48.0 Å². The number of alkyl halides is 3. The van der Waals surface area contributed by atoms with Crippen molar-refractivity contribution in [1.29, 1.82) is 0 Å². The second-order valence-corrected chi connectivity index (χ2v) is 14.4. The molecule has 0 aliphatic rings. The van der Waals surface area contributed by atoms with E-state index in [-0.39, 0.29) is 28.5 Å². The highest BCUT2D eigenvalue weighted by Crippen LogP contribution is 2.44. The Morgan fingerprint density at radius 2 is 1.50 bits per heavy atom. The summed E-state index contributed by atoms with van der Waals surface area (Å²) in [6, 6.07) is 19.4. The number of halogens is 3. The van der Waals surface area contributed by atoms with Gasteiger partial charge in [-0.2, -0.15) is 17.7 Å². The van der Waals surface area contributed by atoms with Gasteiger partial charge in [-0.1, -0.05) is 84.9 Å². The van der Waals surface area contributed by atoms with Gasteiger partial charge in [0.15, 0.2) is 33.3 Å². The molecule has 0 aliphatic heterocycles. The number of nitrogens with zero attached hydrogens (tertiary/aromatic N) is 3. The number of aryl methyl sites for hydroxylation is 2. The van der Waals surface area contributed by atoms with E-state index < -0.39 is 23.9 Å². The minimum absolute atomic E-state index is 0.000169. The maximum absolute atomic E-state index is 13.6. The van der Waals surface area contributed by atoms with Crippen LogP contribution in [0.1, 0.15) is 91.2 Å². The fourth-order valence-corrected chi connectivity index (χ4v) is 6.93. The third kappa shape index (κ3) is 5.08. The summed E-state index contributed by atoms with van der Waals surface area (Å²) >= 11 is 0. The Hall–Kier alpha value is -4.59. The lowest BCUT2D eigenvalue weighted by Gasteiger charge is -2.24. The van der Waals surface area contributed by atoms with Crippen LogP contribution in [0.2, 0.25) is 0 Å². The summed E-state index contributed by atoms with van der Waals surface area (Å²) < 4.78 is 75.4. The minimum Gasteiger partial charge on any atom is -0.453 e. The minimum atomic E-state index is -4.74. The Bertz CT molecular complexity index is 2450. The Kier molecular flexibility index (Phi) is 6.75. The lowest BCUT2D eigenvalue weighted by molar-refractivity contribution is -0.633. The number of rotatable bonds is 5. The van der Waals surface area contributed by atoms with Crippen LogP contribution in [0.15, 0.2) is 69.5 Å². The average Bonchev–Trinajstić information content (AvgIpc) is 3.72. The molecule has 8 heteroatoms. The first-order valence-electron chi connectivity index (χ1n) is 17.3. The van der Waals surface area contributed by atoms with Gasteiger partial charge in [0.1, 0.15) is 11.3 Å². The van der Waals surface area contributed by atoms with Crippen LogP contribution in [0.3, 0.4) is 0 Å². The quantitative estimate of drug-likeness (QED) is 0.174. The second-order valence-electron chi connectivity index (χ2n) is 14.4. The van der Waals surface area contributed by atoms with E-state index in [2.05, 4.69) is 53.9 Å². The van der Waals surface area contributed by atoms with Gasteiger partial charge in [-0.15, -0.1) is 0 Å². The van der Waals surface area contributed by atoms with E-state index in [0.29, 0.717) is 16.5 Å². The molecule has 0 unspecified atom stereocenters. The molecule has 0 radical (unpaired) electrons. The first kappa shape index (κ1) is 29.5. The number of aromatic nitrogens is 3. The van der Waals surface area contributed by atoms with Gasteiger partial charge in [0.25, 0.3) is 5.82 Å². The first-order chi connectivity index (χ1) is 23.3. The number of para-hydroxylation sites is 2. The maximum Gasteiger partial charge on any atom is 0.468 e. The summed E-state index contributed by atoms with van der Waals surface area (Å²) in [6.07, 6.45) is -6.34. The van der Waals surface area contributed by atoms with Crippen LogP contribution >= 0.6 is 0 Å². The van der Waals surface area contributed by atoms with Crippen LogP contribution in [-0.2, 0) is 19.6 Å². The zero-order chi connectivity index (χ0) is 36.2. The number of hydrogen-bond acceptors (Lipinski definition) is 3. The van der Waals surface area contributed by atoms with Crippen LogP contribution in [0.25, 0.3) is 61.1 Å². The molecule has 3 aromatic heterocycles. The van der Waals surface area contributed by atoms with E-state index >= 15 is 0 Å². The molecule has 0 N–H and O–H groups in total. The number of benzene rings is 4. The Morgan fingerprint density at radius 3 is 2.12 bits per heavy atom. The Balaban J connectivity index is 1.63. The van der Waals surface area contributed by atoms with Gasteiger partial charge in [0.2, 0.25) is 0 Å². The summed E-state index contributed by atoms with van der Waals surface area (Å²) in [4.78, 5) is 3.83. The lowest BCUT2D eigenvalue weighted by atomic mass is 9.83. The molecule has 0 atom stereocenters. The fraction of sp³-hybridized carbons (Fsp3) is 0.350. The van der Waals surface area contributed by atoms with Gasteiger partial charge in [0.05, 0.1) is 7.05 Å². The molecule has 0 bridgehead atoms. The molecule has 0 saturated heterocycles. The van der Waals surface area contributed by atoms with E-state index in [0.717, 1.165) is 50.2 Å². The highest BCUT2D eigenvalue weighted by Gasteiger charge is 2.39. The number of furan rings is 1. The van der Waals surface area contributed by atoms with Crippen molar-refractivity contribution in [1.82, 2.24) is 9.55 Å². The summed E-state index contributed by atoms with van der Waals surface area (Å²) in [5, 5.41) is 1.39. The van der Waals surface area contributed by atoms with Crippen molar-refractivity contribution in [2.24, 2.45) is 12.5 Å². The summed E-state index contributed by atoms with van der Waals surface area (Å²) in [6.45, 7) is 16.3. The van der Waals surface area contributed by atoms with Crippen molar-refractivity contribution in [3.05, 3.63) is 88.8 Å². The summed E-state index contributed by atoms with van der Waals surface area (Å²) in [7, 11) is 2.01. The molecule has 7 aromatic rings. The zero-order valence-electron chi connectivity index (χ0n) is 30.7. The highest BCUT2D eigenvalue weighted by molar-refractivity contribution is 6.15. The molecule has 0 amide bonds. The monoisotopic (exact) mass is 654 g/mol. The van der Waals surface area contributed by atoms with Crippen molar-refractivity contribution in [3.63, 3.8) is 0 Å². The van der Waals surface area contributed by atoms with Crippen LogP contribution in [0.5, 0.6) is 0 Å². The number of fused-ring (bicyclic) bond motifs is 6. The van der Waals surface area contributed by atoms with Crippen LogP contribution in [-0.4, -0.2) is 9.55 Å². The molecule has 248 valence electrons. The molecular weight excluding hydrogens is 611 g/mol. The third-order valence-electron chi connectivity index (χ3n) is 9.01. The fourth-order valence-electron chi connectivity index (χ4n) is 6.93. The molecule has 48 heavy (non-hydrogen) atoms. The SMILES string of the molecule is [2H]C([2H])(c1cc(C(C)C)c(-n2c(-c3c(C)ccc4c3oc3c4ccc4oc(C(F)(F)F)nc43)[n+](C)c3ccccc32)c(C(C)C)c1)C(C)(C)C. The zero-order valence-corrected chi connectivity index (χ0v) is 28.7. The Morgan fingerprint density at radius 1 is 0.875 bits per heavy atom. The normalized spacial score (nSPS) is 14.0. The average molecular weight is 655 g/mol. The molecule has 3 heterocycles. The van der Waals surface area contributed by atoms with Crippen LogP contribution in [0.4, 0.5) is 13.2 Å². The van der Waals surface area contributed by atoms with Gasteiger partial charge in [-0.05, 0) is 65.9 Å². The van der Waals surface area contributed by atoms with Crippen molar-refractivity contribution in [2.75, 3.05) is 0 Å². The van der Waals surface area contributed by atoms with Crippen molar-refractivity contribution in [2.45, 2.75) is 79.8 Å². The van der Waals surface area contributed by atoms with E-state index in [4.69, 9.17) is 8.83 Å². The summed E-state index contributed by atoms with van der Waals surface area (Å²) in [5.74, 6) is -0.394. The molecule has 4 aromatic carbocycles. The first-order valence-corrected chi connectivity index (χ1v) is 16.3. The molecule has 5 nitrogen and oxygen atoms in total. The van der Waals surface area contributed by atoms with Gasteiger partial charge in [-0.25, -0.2) is 9.55 Å². The van der Waals surface area contributed by atoms with E-state index in [9.17, 15) is 15.9 Å². The van der Waals surface area contributed by atoms with E-state index in [1.165, 1.54) is 6.07 Å². The van der Waals surface area contributed by atoms with Crippen LogP contribution < -0.4 is 4.57 Å².